The monoisotopic (exact) mass is 417 g/mol. The Morgan fingerprint density at radius 3 is 2.68 bits per heavy atom. The van der Waals surface area contributed by atoms with Gasteiger partial charge in [0.25, 0.3) is 5.91 Å². The summed E-state index contributed by atoms with van der Waals surface area (Å²) in [5.74, 6) is 0.867. The van der Waals surface area contributed by atoms with E-state index in [9.17, 15) is 4.79 Å². The number of aromatic amines is 1. The lowest BCUT2D eigenvalue weighted by Crippen LogP contribution is -2.48. The number of nitrogens with zero attached hydrogens (tertiary/aromatic N) is 5. The number of carbonyl (C=O) groups is 1. The highest BCUT2D eigenvalue weighted by Crippen LogP contribution is 2.22. The average molecular weight is 418 g/mol. The zero-order valence-electron chi connectivity index (χ0n) is 17.4. The quantitative estimate of drug-likeness (QED) is 0.662. The van der Waals surface area contributed by atoms with Crippen molar-refractivity contribution < 1.29 is 4.79 Å². The number of carbonyl (C=O) groups excluding carboxylic acids is 1. The number of aromatic nitrogens is 4. The third-order valence-electron chi connectivity index (χ3n) is 6.15. The van der Waals surface area contributed by atoms with Gasteiger partial charge in [-0.05, 0) is 49.6 Å². The summed E-state index contributed by atoms with van der Waals surface area (Å²) in [5, 5.41) is 3.81. The van der Waals surface area contributed by atoms with Gasteiger partial charge in [0, 0.05) is 63.1 Å². The van der Waals surface area contributed by atoms with E-state index in [0.717, 1.165) is 62.8 Å². The van der Waals surface area contributed by atoms with Gasteiger partial charge in [-0.2, -0.15) is 0 Å². The van der Waals surface area contributed by atoms with E-state index in [-0.39, 0.29) is 5.91 Å². The lowest BCUT2D eigenvalue weighted by Gasteiger charge is -2.34. The van der Waals surface area contributed by atoms with Gasteiger partial charge < -0.3 is 20.1 Å². The van der Waals surface area contributed by atoms with E-state index < -0.39 is 0 Å². The van der Waals surface area contributed by atoms with Crippen LogP contribution in [0.5, 0.6) is 0 Å². The van der Waals surface area contributed by atoms with Crippen molar-refractivity contribution in [2.45, 2.75) is 31.3 Å². The van der Waals surface area contributed by atoms with Crippen molar-refractivity contribution in [2.24, 2.45) is 0 Å². The fourth-order valence-corrected chi connectivity index (χ4v) is 4.47. The third-order valence-corrected chi connectivity index (χ3v) is 6.15. The van der Waals surface area contributed by atoms with Crippen LogP contribution in [0.25, 0.3) is 11.4 Å². The van der Waals surface area contributed by atoms with Gasteiger partial charge in [0.05, 0.1) is 17.0 Å². The van der Waals surface area contributed by atoms with Crippen LogP contribution in [0.1, 0.15) is 29.6 Å². The molecule has 2 saturated heterocycles. The zero-order valence-corrected chi connectivity index (χ0v) is 17.4. The first-order valence-corrected chi connectivity index (χ1v) is 10.9. The Balaban J connectivity index is 1.13. The second-order valence-electron chi connectivity index (χ2n) is 8.23. The molecule has 1 unspecified atom stereocenters. The molecule has 5 heterocycles. The molecule has 8 heteroatoms. The summed E-state index contributed by atoms with van der Waals surface area (Å²) in [7, 11) is 0. The molecular formula is C23H27N7O. The summed E-state index contributed by atoms with van der Waals surface area (Å²) < 4.78 is 0. The van der Waals surface area contributed by atoms with E-state index in [4.69, 9.17) is 4.98 Å². The molecule has 2 N–H and O–H groups in total. The minimum absolute atomic E-state index is 0.0812. The molecule has 160 valence electrons. The van der Waals surface area contributed by atoms with E-state index >= 15 is 0 Å². The van der Waals surface area contributed by atoms with Crippen molar-refractivity contribution in [1.29, 1.82) is 0 Å². The summed E-state index contributed by atoms with van der Waals surface area (Å²) in [4.78, 5) is 33.3. The Bertz CT molecular complexity index is 1000. The van der Waals surface area contributed by atoms with Crippen LogP contribution in [0, 0.1) is 0 Å². The molecule has 2 aliphatic heterocycles. The molecule has 0 saturated carbocycles. The molecule has 0 radical (unpaired) electrons. The van der Waals surface area contributed by atoms with Crippen LogP contribution in [-0.2, 0) is 0 Å². The minimum Gasteiger partial charge on any atom is -0.360 e. The summed E-state index contributed by atoms with van der Waals surface area (Å²) in [6.07, 6.45) is 10.1. The number of hydrogen-bond donors (Lipinski definition) is 2. The molecule has 8 nitrogen and oxygen atoms in total. The predicted octanol–water partition coefficient (Wildman–Crippen LogP) is 2.34. The van der Waals surface area contributed by atoms with Crippen LogP contribution in [0.2, 0.25) is 0 Å². The van der Waals surface area contributed by atoms with Crippen molar-refractivity contribution in [3.8, 4) is 11.4 Å². The van der Waals surface area contributed by atoms with Gasteiger partial charge >= 0.3 is 0 Å². The highest BCUT2D eigenvalue weighted by Gasteiger charge is 2.29. The molecule has 5 rings (SSSR count). The zero-order chi connectivity index (χ0) is 21.0. The summed E-state index contributed by atoms with van der Waals surface area (Å²) in [6.45, 7) is 3.42. The molecule has 2 fully saturated rings. The molecule has 3 aromatic heterocycles. The molecule has 0 bridgehead atoms. The Morgan fingerprint density at radius 2 is 1.90 bits per heavy atom. The van der Waals surface area contributed by atoms with Crippen molar-refractivity contribution >= 4 is 11.9 Å². The number of hydrogen-bond acceptors (Lipinski definition) is 6. The second-order valence-corrected chi connectivity index (χ2v) is 8.23. The smallest absolute Gasteiger partial charge is 0.255 e. The molecule has 0 aromatic carbocycles. The van der Waals surface area contributed by atoms with E-state index in [1.807, 2.05) is 47.6 Å². The van der Waals surface area contributed by atoms with Crippen molar-refractivity contribution in [1.82, 2.24) is 30.2 Å². The van der Waals surface area contributed by atoms with Crippen LogP contribution in [0.3, 0.4) is 0 Å². The molecule has 0 spiro atoms. The van der Waals surface area contributed by atoms with Crippen LogP contribution in [0.15, 0.2) is 55.1 Å². The van der Waals surface area contributed by atoms with E-state index in [2.05, 4.69) is 25.2 Å². The molecule has 1 amide bonds. The number of rotatable bonds is 5. The molecule has 3 aromatic rings. The normalized spacial score (nSPS) is 19.7. The van der Waals surface area contributed by atoms with Gasteiger partial charge in [-0.25, -0.2) is 9.97 Å². The van der Waals surface area contributed by atoms with Gasteiger partial charge in [-0.1, -0.05) is 0 Å². The summed E-state index contributed by atoms with van der Waals surface area (Å²) >= 11 is 0. The highest BCUT2D eigenvalue weighted by atomic mass is 16.2. The Labute approximate surface area is 181 Å². The number of anilines is 1. The average Bonchev–Trinajstić information content (AvgIpc) is 3.53. The SMILES string of the molecule is O=C(c1cccnc1)N1CCC(NC2CCN(c3nccc(-c4ccc[nH]4)n3)C2)CC1. The fourth-order valence-electron chi connectivity index (χ4n) is 4.47. The summed E-state index contributed by atoms with van der Waals surface area (Å²) in [5.41, 5.74) is 2.59. The lowest BCUT2D eigenvalue weighted by atomic mass is 10.0. The largest absolute Gasteiger partial charge is 0.360 e. The maximum absolute atomic E-state index is 12.6. The van der Waals surface area contributed by atoms with E-state index in [1.165, 1.54) is 0 Å². The molecule has 31 heavy (non-hydrogen) atoms. The molecule has 0 aliphatic carbocycles. The van der Waals surface area contributed by atoms with E-state index in [1.54, 1.807) is 12.4 Å². The first kappa shape index (κ1) is 19.7. The lowest BCUT2D eigenvalue weighted by molar-refractivity contribution is 0.0702. The summed E-state index contributed by atoms with van der Waals surface area (Å²) in [6, 6.07) is 10.4. The number of amides is 1. The topological polar surface area (TPSA) is 90.0 Å². The predicted molar refractivity (Wildman–Crippen MR) is 119 cm³/mol. The number of likely N-dealkylation sites (tertiary alicyclic amines) is 1. The van der Waals surface area contributed by atoms with Gasteiger partial charge in [-0.15, -0.1) is 0 Å². The maximum Gasteiger partial charge on any atom is 0.255 e. The minimum atomic E-state index is 0.0812. The number of H-pyrrole nitrogens is 1. The number of pyridine rings is 1. The third kappa shape index (κ3) is 4.44. The first-order valence-electron chi connectivity index (χ1n) is 10.9. The molecule has 2 aliphatic rings. The first-order chi connectivity index (χ1) is 15.3. The van der Waals surface area contributed by atoms with Gasteiger partial charge in [0.1, 0.15) is 0 Å². The second kappa shape index (κ2) is 8.85. The van der Waals surface area contributed by atoms with E-state index in [0.29, 0.717) is 17.6 Å². The van der Waals surface area contributed by atoms with Gasteiger partial charge in [-0.3, -0.25) is 9.78 Å². The number of piperidine rings is 1. The standard InChI is InChI=1S/C23H27N7O/c31-22(17-3-1-9-24-15-17)29-12-6-18(7-13-29)27-19-8-14-30(16-19)23-26-11-5-21(28-23)20-4-2-10-25-20/h1-5,9-11,15,18-19,25,27H,6-8,12-14,16H2. The Hall–Kier alpha value is -3.26. The Kier molecular flexibility index (Phi) is 5.62. The van der Waals surface area contributed by atoms with Crippen LogP contribution in [0.4, 0.5) is 5.95 Å². The molecular weight excluding hydrogens is 390 g/mol. The maximum atomic E-state index is 12.6. The van der Waals surface area contributed by atoms with Gasteiger partial charge in [0.2, 0.25) is 5.95 Å². The van der Waals surface area contributed by atoms with Crippen LogP contribution in [-0.4, -0.2) is 69.0 Å². The highest BCUT2D eigenvalue weighted by molar-refractivity contribution is 5.93. The van der Waals surface area contributed by atoms with Crippen molar-refractivity contribution in [3.63, 3.8) is 0 Å². The van der Waals surface area contributed by atoms with Gasteiger partial charge in [0.15, 0.2) is 0 Å². The van der Waals surface area contributed by atoms with Crippen molar-refractivity contribution in [3.05, 3.63) is 60.7 Å². The van der Waals surface area contributed by atoms with Crippen LogP contribution < -0.4 is 10.2 Å². The molecule has 1 atom stereocenters. The Morgan fingerprint density at radius 1 is 1.03 bits per heavy atom. The fraction of sp³-hybridized carbons (Fsp3) is 0.391. The van der Waals surface area contributed by atoms with Crippen LogP contribution >= 0.6 is 0 Å². The number of nitrogens with one attached hydrogen (secondary N) is 2. The van der Waals surface area contributed by atoms with Crippen molar-refractivity contribution in [2.75, 3.05) is 31.1 Å².